The number of pyridine rings is 1. The summed E-state index contributed by atoms with van der Waals surface area (Å²) in [4.78, 5) is 13.3. The number of hydrogen-bond acceptors (Lipinski definition) is 6. The van der Waals surface area contributed by atoms with E-state index in [0.717, 1.165) is 45.0 Å². The summed E-state index contributed by atoms with van der Waals surface area (Å²) in [5.74, 6) is 1.27. The van der Waals surface area contributed by atoms with Gasteiger partial charge in [-0.05, 0) is 11.5 Å². The molecule has 1 aromatic carbocycles. The van der Waals surface area contributed by atoms with E-state index < -0.39 is 0 Å². The van der Waals surface area contributed by atoms with E-state index in [-0.39, 0.29) is 0 Å². The van der Waals surface area contributed by atoms with Crippen LogP contribution in [0.2, 0.25) is 0 Å². The van der Waals surface area contributed by atoms with Crippen molar-refractivity contribution in [2.24, 2.45) is 0 Å². The van der Waals surface area contributed by atoms with Gasteiger partial charge in [-0.3, -0.25) is 4.98 Å². The number of nitrogens with zero attached hydrogens (tertiary/aromatic N) is 5. The SMILES string of the molecule is Nc1nc2c3c(nn(Cc4cc5ccccc5cn4)c3n1)CCS2. The van der Waals surface area contributed by atoms with Gasteiger partial charge in [-0.1, -0.05) is 24.3 Å². The third kappa shape index (κ3) is 2.12. The second-order valence-electron chi connectivity index (χ2n) is 5.81. The Hall–Kier alpha value is -2.67. The molecule has 0 saturated heterocycles. The van der Waals surface area contributed by atoms with Crippen molar-refractivity contribution in [3.05, 3.63) is 47.9 Å². The number of aromatic nitrogens is 5. The molecule has 0 atom stereocenters. The van der Waals surface area contributed by atoms with E-state index in [1.165, 1.54) is 5.39 Å². The maximum Gasteiger partial charge on any atom is 0.223 e. The lowest BCUT2D eigenvalue weighted by Gasteiger charge is -2.08. The fourth-order valence-electron chi connectivity index (χ4n) is 3.13. The Morgan fingerprint density at radius 2 is 2.04 bits per heavy atom. The average molecular weight is 334 g/mol. The Morgan fingerprint density at radius 1 is 1.17 bits per heavy atom. The fourth-order valence-corrected chi connectivity index (χ4v) is 4.13. The monoisotopic (exact) mass is 334 g/mol. The molecule has 6 nitrogen and oxygen atoms in total. The quantitative estimate of drug-likeness (QED) is 0.568. The second-order valence-corrected chi connectivity index (χ2v) is 6.89. The molecule has 1 aliphatic rings. The van der Waals surface area contributed by atoms with Gasteiger partial charge in [0.25, 0.3) is 0 Å². The van der Waals surface area contributed by atoms with E-state index in [0.29, 0.717) is 12.5 Å². The lowest BCUT2D eigenvalue weighted by atomic mass is 10.1. The van der Waals surface area contributed by atoms with Crippen molar-refractivity contribution in [2.75, 3.05) is 11.5 Å². The molecule has 0 bridgehead atoms. The van der Waals surface area contributed by atoms with Crippen LogP contribution in [0, 0.1) is 0 Å². The Kier molecular flexibility index (Phi) is 2.96. The highest BCUT2D eigenvalue weighted by Gasteiger charge is 2.22. The zero-order chi connectivity index (χ0) is 16.1. The summed E-state index contributed by atoms with van der Waals surface area (Å²) in [6, 6.07) is 10.3. The largest absolute Gasteiger partial charge is 0.368 e. The summed E-state index contributed by atoms with van der Waals surface area (Å²) in [6.45, 7) is 0.571. The molecule has 0 radical (unpaired) electrons. The molecule has 5 rings (SSSR count). The fraction of sp³-hybridized carbons (Fsp3) is 0.176. The number of thioether (sulfide) groups is 1. The van der Waals surface area contributed by atoms with E-state index in [9.17, 15) is 0 Å². The van der Waals surface area contributed by atoms with E-state index in [2.05, 4.69) is 33.2 Å². The number of nitrogens with two attached hydrogens (primary N) is 1. The minimum Gasteiger partial charge on any atom is -0.368 e. The highest BCUT2D eigenvalue weighted by molar-refractivity contribution is 7.99. The third-order valence-electron chi connectivity index (χ3n) is 4.23. The molecular formula is C17H14N6S. The van der Waals surface area contributed by atoms with Crippen molar-refractivity contribution in [3.8, 4) is 0 Å². The Morgan fingerprint density at radius 3 is 2.96 bits per heavy atom. The molecule has 0 fully saturated rings. The molecule has 2 N–H and O–H groups in total. The Balaban J connectivity index is 1.64. The van der Waals surface area contributed by atoms with Crippen LogP contribution in [0.15, 0.2) is 41.6 Å². The van der Waals surface area contributed by atoms with Crippen LogP contribution in [-0.4, -0.2) is 30.5 Å². The number of fused-ring (bicyclic) bond motifs is 1. The molecule has 0 saturated carbocycles. The van der Waals surface area contributed by atoms with E-state index in [1.54, 1.807) is 11.8 Å². The average Bonchev–Trinajstić information content (AvgIpc) is 2.93. The van der Waals surface area contributed by atoms with Gasteiger partial charge in [0.15, 0.2) is 5.65 Å². The van der Waals surface area contributed by atoms with Gasteiger partial charge < -0.3 is 5.73 Å². The summed E-state index contributed by atoms with van der Waals surface area (Å²) < 4.78 is 1.90. The van der Waals surface area contributed by atoms with Gasteiger partial charge in [-0.25, -0.2) is 9.67 Å². The number of nitrogen functional groups attached to an aromatic ring is 1. The molecule has 0 spiro atoms. The van der Waals surface area contributed by atoms with Gasteiger partial charge in [0, 0.05) is 23.8 Å². The lowest BCUT2D eigenvalue weighted by molar-refractivity contribution is 0.677. The Labute approximate surface area is 142 Å². The number of rotatable bonds is 2. The van der Waals surface area contributed by atoms with Gasteiger partial charge >= 0.3 is 0 Å². The standard InChI is InChI=1S/C17H14N6S/c18-17-20-15-14-13(5-6-24-16(14)21-17)22-23(15)9-12-7-10-3-1-2-4-11(10)8-19-12/h1-4,7-8H,5-6,9H2,(H2,18,20,21). The van der Waals surface area contributed by atoms with Crippen molar-refractivity contribution < 1.29 is 0 Å². The molecule has 0 aliphatic carbocycles. The molecule has 24 heavy (non-hydrogen) atoms. The zero-order valence-electron chi connectivity index (χ0n) is 12.8. The van der Waals surface area contributed by atoms with Gasteiger partial charge in [0.1, 0.15) is 5.03 Å². The first-order valence-corrected chi connectivity index (χ1v) is 8.76. The molecule has 3 aromatic heterocycles. The normalized spacial score (nSPS) is 13.7. The first-order chi connectivity index (χ1) is 11.8. The summed E-state index contributed by atoms with van der Waals surface area (Å²) in [5.41, 5.74) is 8.69. The molecule has 0 unspecified atom stereocenters. The van der Waals surface area contributed by atoms with Crippen LogP contribution in [-0.2, 0) is 13.0 Å². The molecule has 4 heterocycles. The smallest absolute Gasteiger partial charge is 0.223 e. The van der Waals surface area contributed by atoms with Crippen molar-refractivity contribution >= 4 is 39.5 Å². The minimum atomic E-state index is 0.297. The predicted molar refractivity (Wildman–Crippen MR) is 95.0 cm³/mol. The molecule has 4 aromatic rings. The van der Waals surface area contributed by atoms with Crippen LogP contribution in [0.4, 0.5) is 5.95 Å². The van der Waals surface area contributed by atoms with Crippen LogP contribution in [0.1, 0.15) is 11.4 Å². The summed E-state index contributed by atoms with van der Waals surface area (Å²) in [6.07, 6.45) is 2.83. The number of hydrogen-bond donors (Lipinski definition) is 1. The second kappa shape index (κ2) is 5.17. The van der Waals surface area contributed by atoms with Gasteiger partial charge in [0.2, 0.25) is 5.95 Å². The third-order valence-corrected chi connectivity index (χ3v) is 5.20. The van der Waals surface area contributed by atoms with Gasteiger partial charge in [0.05, 0.1) is 23.3 Å². The van der Waals surface area contributed by atoms with Crippen LogP contribution in [0.3, 0.4) is 0 Å². The highest BCUT2D eigenvalue weighted by atomic mass is 32.2. The van der Waals surface area contributed by atoms with Crippen LogP contribution < -0.4 is 5.73 Å². The van der Waals surface area contributed by atoms with Crippen molar-refractivity contribution in [1.82, 2.24) is 24.7 Å². The molecular weight excluding hydrogens is 320 g/mol. The van der Waals surface area contributed by atoms with Crippen LogP contribution >= 0.6 is 11.8 Å². The van der Waals surface area contributed by atoms with E-state index in [1.807, 2.05) is 23.0 Å². The number of anilines is 1. The minimum absolute atomic E-state index is 0.297. The number of aryl methyl sites for hydroxylation is 1. The molecule has 0 amide bonds. The first kappa shape index (κ1) is 13.7. The molecule has 7 heteroatoms. The zero-order valence-corrected chi connectivity index (χ0v) is 13.6. The van der Waals surface area contributed by atoms with Crippen molar-refractivity contribution in [3.63, 3.8) is 0 Å². The summed E-state index contributed by atoms with van der Waals surface area (Å²) in [7, 11) is 0. The van der Waals surface area contributed by atoms with Crippen molar-refractivity contribution in [2.45, 2.75) is 18.0 Å². The lowest BCUT2D eigenvalue weighted by Crippen LogP contribution is -2.06. The van der Waals surface area contributed by atoms with E-state index in [4.69, 9.17) is 10.8 Å². The summed E-state index contributed by atoms with van der Waals surface area (Å²) in [5, 5.41) is 9.04. The summed E-state index contributed by atoms with van der Waals surface area (Å²) >= 11 is 1.72. The van der Waals surface area contributed by atoms with Gasteiger partial charge in [-0.2, -0.15) is 10.1 Å². The van der Waals surface area contributed by atoms with Crippen LogP contribution in [0.5, 0.6) is 0 Å². The van der Waals surface area contributed by atoms with Gasteiger partial charge in [-0.15, -0.1) is 11.8 Å². The predicted octanol–water partition coefficient (Wildman–Crippen LogP) is 2.65. The van der Waals surface area contributed by atoms with Crippen molar-refractivity contribution in [1.29, 1.82) is 0 Å². The maximum atomic E-state index is 5.88. The highest BCUT2D eigenvalue weighted by Crippen LogP contribution is 2.34. The Bertz CT molecular complexity index is 1090. The van der Waals surface area contributed by atoms with E-state index >= 15 is 0 Å². The maximum absolute atomic E-state index is 5.88. The first-order valence-electron chi connectivity index (χ1n) is 7.77. The molecule has 1 aliphatic heterocycles. The van der Waals surface area contributed by atoms with Crippen LogP contribution in [0.25, 0.3) is 21.8 Å². The topological polar surface area (TPSA) is 82.5 Å². The number of benzene rings is 1. The molecule has 118 valence electrons.